The second-order valence-electron chi connectivity index (χ2n) is 3.75. The van der Waals surface area contributed by atoms with Crippen LogP contribution in [0.5, 0.6) is 0 Å². The maximum atomic E-state index is 14.4. The molecule has 0 radical (unpaired) electrons. The van der Waals surface area contributed by atoms with E-state index in [-0.39, 0.29) is 36.5 Å². The SMILES string of the molecule is CSc1nc(-c2c(Cl)cc(Br)c(Cl)c2F)c(C#N)c(=O)[nH]1. The van der Waals surface area contributed by atoms with Crippen molar-refractivity contribution in [1.29, 1.82) is 5.26 Å². The van der Waals surface area contributed by atoms with Crippen molar-refractivity contribution in [3.63, 3.8) is 0 Å². The smallest absolute Gasteiger partial charge is 0.270 e. The van der Waals surface area contributed by atoms with Crippen molar-refractivity contribution in [1.82, 2.24) is 9.97 Å². The lowest BCUT2D eigenvalue weighted by atomic mass is 10.1. The number of nitrogens with zero attached hydrogens (tertiary/aromatic N) is 2. The van der Waals surface area contributed by atoms with Gasteiger partial charge in [-0.25, -0.2) is 9.37 Å². The number of hydrogen-bond donors (Lipinski definition) is 1. The highest BCUT2D eigenvalue weighted by atomic mass is 79.9. The zero-order valence-electron chi connectivity index (χ0n) is 10.3. The zero-order chi connectivity index (χ0) is 15.7. The summed E-state index contributed by atoms with van der Waals surface area (Å²) in [6, 6.07) is 3.09. The molecule has 0 amide bonds. The molecule has 0 saturated heterocycles. The summed E-state index contributed by atoms with van der Waals surface area (Å²) in [5.74, 6) is -0.849. The van der Waals surface area contributed by atoms with Gasteiger partial charge in [0.25, 0.3) is 5.56 Å². The molecule has 2 rings (SSSR count). The van der Waals surface area contributed by atoms with Gasteiger partial charge in [0, 0.05) is 4.47 Å². The Morgan fingerprint density at radius 3 is 2.76 bits per heavy atom. The summed E-state index contributed by atoms with van der Waals surface area (Å²) in [6.07, 6.45) is 1.68. The molecule has 1 aromatic carbocycles. The van der Waals surface area contributed by atoms with E-state index < -0.39 is 11.4 Å². The van der Waals surface area contributed by atoms with Crippen LogP contribution in [0.25, 0.3) is 11.3 Å². The molecule has 0 aliphatic rings. The van der Waals surface area contributed by atoms with Crippen LogP contribution in [0.15, 0.2) is 20.5 Å². The first kappa shape index (κ1) is 16.3. The Balaban J connectivity index is 2.92. The minimum Gasteiger partial charge on any atom is -0.300 e. The molecule has 0 aliphatic carbocycles. The van der Waals surface area contributed by atoms with Crippen LogP contribution >= 0.6 is 50.9 Å². The number of nitrogens with one attached hydrogen (secondary N) is 1. The molecule has 0 bridgehead atoms. The van der Waals surface area contributed by atoms with E-state index in [9.17, 15) is 9.18 Å². The lowest BCUT2D eigenvalue weighted by Crippen LogP contribution is -2.15. The fraction of sp³-hybridized carbons (Fsp3) is 0.0833. The van der Waals surface area contributed by atoms with Gasteiger partial charge in [-0.2, -0.15) is 5.26 Å². The monoisotopic (exact) mass is 407 g/mol. The van der Waals surface area contributed by atoms with Gasteiger partial charge < -0.3 is 4.98 Å². The first-order valence-electron chi connectivity index (χ1n) is 5.32. The Bertz CT molecular complexity index is 835. The fourth-order valence-electron chi connectivity index (χ4n) is 1.62. The molecule has 21 heavy (non-hydrogen) atoms. The molecular weight excluding hydrogens is 404 g/mol. The van der Waals surface area contributed by atoms with Crippen LogP contribution in [0.4, 0.5) is 4.39 Å². The molecule has 0 spiro atoms. The Morgan fingerprint density at radius 1 is 1.52 bits per heavy atom. The molecule has 9 heteroatoms. The van der Waals surface area contributed by atoms with Gasteiger partial charge in [0.1, 0.15) is 17.3 Å². The summed E-state index contributed by atoms with van der Waals surface area (Å²) >= 11 is 16.1. The number of aromatic amines is 1. The fourth-order valence-corrected chi connectivity index (χ4v) is 2.96. The Kier molecular flexibility index (Phi) is 4.94. The maximum Gasteiger partial charge on any atom is 0.270 e. The Morgan fingerprint density at radius 2 is 2.19 bits per heavy atom. The number of H-pyrrole nitrogens is 1. The van der Waals surface area contributed by atoms with Crippen molar-refractivity contribution in [2.75, 3.05) is 6.26 Å². The molecule has 0 atom stereocenters. The van der Waals surface area contributed by atoms with Gasteiger partial charge in [-0.15, -0.1) is 0 Å². The second kappa shape index (κ2) is 6.36. The quantitative estimate of drug-likeness (QED) is 0.349. The van der Waals surface area contributed by atoms with E-state index in [1.807, 2.05) is 0 Å². The highest BCUT2D eigenvalue weighted by molar-refractivity contribution is 9.10. The van der Waals surface area contributed by atoms with Crippen molar-refractivity contribution < 1.29 is 4.39 Å². The molecule has 108 valence electrons. The van der Waals surface area contributed by atoms with E-state index in [0.717, 1.165) is 11.8 Å². The number of rotatable bonds is 2. The van der Waals surface area contributed by atoms with Crippen molar-refractivity contribution in [2.24, 2.45) is 0 Å². The number of nitriles is 1. The highest BCUT2D eigenvalue weighted by Crippen LogP contribution is 2.38. The average molecular weight is 409 g/mol. The summed E-state index contributed by atoms with van der Waals surface area (Å²) in [7, 11) is 0. The van der Waals surface area contributed by atoms with Crippen LogP contribution in [-0.2, 0) is 0 Å². The molecule has 1 aromatic heterocycles. The van der Waals surface area contributed by atoms with Gasteiger partial charge >= 0.3 is 0 Å². The minimum atomic E-state index is -0.849. The Labute approximate surface area is 141 Å². The molecule has 0 fully saturated rings. The summed E-state index contributed by atoms with van der Waals surface area (Å²) < 4.78 is 14.6. The van der Waals surface area contributed by atoms with Gasteiger partial charge in [-0.05, 0) is 28.3 Å². The molecule has 0 aliphatic heterocycles. The highest BCUT2D eigenvalue weighted by Gasteiger charge is 2.22. The number of aromatic nitrogens is 2. The van der Waals surface area contributed by atoms with Crippen LogP contribution in [0.2, 0.25) is 10.0 Å². The predicted octanol–water partition coefficient (Wildman–Crippen LogP) is 4.24. The van der Waals surface area contributed by atoms with Crippen LogP contribution < -0.4 is 5.56 Å². The second-order valence-corrected chi connectivity index (χ2v) is 6.19. The van der Waals surface area contributed by atoms with Gasteiger partial charge in [0.05, 0.1) is 15.6 Å². The number of benzene rings is 1. The standard InChI is InChI=1S/C12H5BrCl2FN3OS/c1-21-12-18-10(4(3-17)11(20)19-12)7-6(14)2-5(13)8(15)9(7)16/h2H,1H3,(H,18,19,20). The van der Waals surface area contributed by atoms with E-state index in [0.29, 0.717) is 0 Å². The molecule has 0 saturated carbocycles. The molecule has 1 N–H and O–H groups in total. The summed E-state index contributed by atoms with van der Waals surface area (Å²) in [6.45, 7) is 0. The lowest BCUT2D eigenvalue weighted by molar-refractivity contribution is 0.630. The summed E-state index contributed by atoms with van der Waals surface area (Å²) in [4.78, 5) is 18.3. The van der Waals surface area contributed by atoms with Gasteiger partial charge in [-0.3, -0.25) is 4.79 Å². The first-order valence-corrected chi connectivity index (χ1v) is 8.09. The minimum absolute atomic E-state index is 0.00886. The van der Waals surface area contributed by atoms with E-state index >= 15 is 0 Å². The normalized spacial score (nSPS) is 10.5. The van der Waals surface area contributed by atoms with Gasteiger partial charge in [-0.1, -0.05) is 35.0 Å². The third-order valence-corrected chi connectivity index (χ3v) is 4.66. The molecule has 1 heterocycles. The largest absolute Gasteiger partial charge is 0.300 e. The Hall–Kier alpha value is -1.07. The first-order chi connectivity index (χ1) is 9.90. The van der Waals surface area contributed by atoms with Crippen molar-refractivity contribution in [3.05, 3.63) is 42.3 Å². The van der Waals surface area contributed by atoms with E-state index in [2.05, 4.69) is 25.9 Å². The molecule has 0 unspecified atom stereocenters. The topological polar surface area (TPSA) is 69.5 Å². The maximum absolute atomic E-state index is 14.4. The van der Waals surface area contributed by atoms with Crippen LogP contribution in [0, 0.1) is 17.1 Å². The summed E-state index contributed by atoms with van der Waals surface area (Å²) in [5, 5.41) is 9.13. The number of thioether (sulfide) groups is 1. The van der Waals surface area contributed by atoms with E-state index in [1.165, 1.54) is 6.07 Å². The predicted molar refractivity (Wildman–Crippen MR) is 84.5 cm³/mol. The number of halogens is 4. The lowest BCUT2D eigenvalue weighted by Gasteiger charge is -2.10. The third-order valence-electron chi connectivity index (χ3n) is 2.55. The van der Waals surface area contributed by atoms with Gasteiger partial charge in [0.2, 0.25) is 0 Å². The van der Waals surface area contributed by atoms with Crippen LogP contribution in [0.1, 0.15) is 5.56 Å². The van der Waals surface area contributed by atoms with Crippen molar-refractivity contribution in [3.8, 4) is 17.3 Å². The van der Waals surface area contributed by atoms with Crippen LogP contribution in [0.3, 0.4) is 0 Å². The summed E-state index contributed by atoms with van der Waals surface area (Å²) in [5.41, 5.74) is -1.31. The zero-order valence-corrected chi connectivity index (χ0v) is 14.2. The molecule has 2 aromatic rings. The van der Waals surface area contributed by atoms with Crippen molar-refractivity contribution in [2.45, 2.75) is 5.16 Å². The molecule has 4 nitrogen and oxygen atoms in total. The average Bonchev–Trinajstić information content (AvgIpc) is 2.44. The van der Waals surface area contributed by atoms with Crippen molar-refractivity contribution >= 4 is 50.9 Å². The van der Waals surface area contributed by atoms with Crippen LogP contribution in [-0.4, -0.2) is 16.2 Å². The van der Waals surface area contributed by atoms with E-state index in [4.69, 9.17) is 28.5 Å². The number of hydrogen-bond acceptors (Lipinski definition) is 4. The third kappa shape index (κ3) is 2.94. The molecular formula is C12H5BrCl2FN3OS. The van der Waals surface area contributed by atoms with Gasteiger partial charge in [0.15, 0.2) is 11.0 Å². The van der Waals surface area contributed by atoms with E-state index in [1.54, 1.807) is 12.3 Å².